The van der Waals surface area contributed by atoms with Crippen molar-refractivity contribution >= 4 is 17.8 Å². The Morgan fingerprint density at radius 2 is 1.84 bits per heavy atom. The minimum atomic E-state index is -0.712. The maximum absolute atomic E-state index is 13.9. The predicted octanol–water partition coefficient (Wildman–Crippen LogP) is 7.61. The van der Waals surface area contributed by atoms with Crippen molar-refractivity contribution in [2.45, 2.75) is 104 Å². The van der Waals surface area contributed by atoms with Crippen LogP contribution >= 0.6 is 0 Å². The summed E-state index contributed by atoms with van der Waals surface area (Å²) in [7, 11) is 1.39. The highest BCUT2D eigenvalue weighted by Gasteiger charge is 2.74. The van der Waals surface area contributed by atoms with Crippen molar-refractivity contribution in [1.82, 2.24) is 14.8 Å². The Kier molecular flexibility index (Phi) is 8.49. The first-order chi connectivity index (χ1) is 24.1. The highest BCUT2D eigenvalue weighted by Crippen LogP contribution is 2.77. The number of hydrogen-bond donors (Lipinski definition) is 0. The summed E-state index contributed by atoms with van der Waals surface area (Å²) in [5.74, 6) is -0.225. The summed E-state index contributed by atoms with van der Waals surface area (Å²) in [5, 5.41) is 8.64. The van der Waals surface area contributed by atoms with Crippen LogP contribution in [0.4, 0.5) is 5.82 Å². The van der Waals surface area contributed by atoms with Crippen LogP contribution in [0.1, 0.15) is 104 Å². The zero-order chi connectivity index (χ0) is 36.4. The van der Waals surface area contributed by atoms with Crippen molar-refractivity contribution in [3.8, 4) is 11.1 Å². The highest BCUT2D eigenvalue weighted by molar-refractivity contribution is 5.96. The number of ether oxygens (including phenoxy) is 3. The summed E-state index contributed by atoms with van der Waals surface area (Å²) in [6.45, 7) is 15.1. The molecule has 0 spiro atoms. The quantitative estimate of drug-likeness (QED) is 0.0693. The zero-order valence-electron chi connectivity index (χ0n) is 30.9. The molecule has 0 amide bonds. The first kappa shape index (κ1) is 35.0. The van der Waals surface area contributed by atoms with Crippen LogP contribution in [0.2, 0.25) is 0 Å². The van der Waals surface area contributed by atoms with Gasteiger partial charge in [0.25, 0.3) is 0 Å². The second kappa shape index (κ2) is 12.4. The first-order valence-corrected chi connectivity index (χ1v) is 18.0. The molecule has 3 aromatic rings. The molecule has 4 unspecified atom stereocenters. The predicted molar refractivity (Wildman–Crippen MR) is 192 cm³/mol. The number of carbonyl (C=O) groups is 2. The number of rotatable bonds is 10. The van der Waals surface area contributed by atoms with Gasteiger partial charge in [0.05, 0.1) is 31.1 Å². The molecular weight excluding hydrogens is 646 g/mol. The van der Waals surface area contributed by atoms with Crippen LogP contribution in [-0.2, 0) is 33.7 Å². The number of aromatic nitrogens is 3. The summed E-state index contributed by atoms with van der Waals surface area (Å²) in [5.41, 5.74) is 13.4. The van der Waals surface area contributed by atoms with Crippen LogP contribution in [0.5, 0.6) is 0 Å². The van der Waals surface area contributed by atoms with Crippen molar-refractivity contribution in [3.05, 3.63) is 75.0 Å². The average molecular weight is 696 g/mol. The van der Waals surface area contributed by atoms with Gasteiger partial charge in [-0.25, -0.2) is 14.6 Å². The van der Waals surface area contributed by atoms with Crippen molar-refractivity contribution in [2.75, 3.05) is 31.7 Å². The molecule has 0 radical (unpaired) electrons. The second-order valence-corrected chi connectivity index (χ2v) is 17.0. The van der Waals surface area contributed by atoms with Gasteiger partial charge in [0.2, 0.25) is 0 Å². The molecule has 1 aliphatic heterocycles. The van der Waals surface area contributed by atoms with Gasteiger partial charge in [-0.3, -0.25) is 4.68 Å². The molecule has 0 saturated heterocycles. The number of nitrogens with zero attached hydrogens (tertiary/aromatic N) is 7. The van der Waals surface area contributed by atoms with Gasteiger partial charge < -0.3 is 19.1 Å². The van der Waals surface area contributed by atoms with Gasteiger partial charge >= 0.3 is 11.9 Å². The lowest BCUT2D eigenvalue weighted by molar-refractivity contribution is -0.103. The van der Waals surface area contributed by atoms with Crippen LogP contribution in [-0.4, -0.2) is 64.7 Å². The van der Waals surface area contributed by atoms with Crippen molar-refractivity contribution in [2.24, 2.45) is 21.4 Å². The minimum Gasteiger partial charge on any atom is -0.465 e. The molecule has 1 aromatic carbocycles. The van der Waals surface area contributed by atoms with Crippen LogP contribution in [0.3, 0.4) is 0 Å². The topological polar surface area (TPSA) is 145 Å². The van der Waals surface area contributed by atoms with E-state index in [2.05, 4.69) is 40.4 Å². The molecular formula is C39H49N7O5. The molecule has 8 rings (SSSR count). The number of benzene rings is 1. The van der Waals surface area contributed by atoms with Gasteiger partial charge in [-0.15, -0.1) is 0 Å². The Labute approximate surface area is 299 Å². The number of fused-ring (bicyclic) bond motifs is 1. The summed E-state index contributed by atoms with van der Waals surface area (Å²) in [4.78, 5) is 36.4. The molecule has 5 aliphatic rings. The van der Waals surface area contributed by atoms with E-state index in [-0.39, 0.29) is 33.5 Å². The fourth-order valence-electron chi connectivity index (χ4n) is 10.6. The largest absolute Gasteiger partial charge is 0.465 e. The smallest absolute Gasteiger partial charge is 0.358 e. The second-order valence-electron chi connectivity index (χ2n) is 17.0. The van der Waals surface area contributed by atoms with E-state index in [1.807, 2.05) is 51.2 Å². The van der Waals surface area contributed by atoms with Gasteiger partial charge in [-0.1, -0.05) is 31.1 Å². The average Bonchev–Trinajstić information content (AvgIpc) is 3.56. The summed E-state index contributed by atoms with van der Waals surface area (Å²) >= 11 is 0. The van der Waals surface area contributed by atoms with Crippen molar-refractivity contribution < 1.29 is 23.8 Å². The standard InChI is InChI=1S/C39H49N7O5/c1-25-29(17-42-46(25)24-38-20-36(5)19-37(6,22-38)39(21-36,23-38)50-16-14-41-44-40)27-11-12-31(43-32(27)34(48)51-35(2,3)4)45-15-13-26-9-8-10-28(30(26)18-45)33(47)49-7/h8-12,17H,13-16,18-24H2,1-7H3. The zero-order valence-corrected chi connectivity index (χ0v) is 30.9. The van der Waals surface area contributed by atoms with E-state index in [1.54, 1.807) is 6.07 Å². The highest BCUT2D eigenvalue weighted by atomic mass is 16.6. The Bertz CT molecular complexity index is 1950. The lowest BCUT2D eigenvalue weighted by Crippen LogP contribution is -2.43. The van der Waals surface area contributed by atoms with Gasteiger partial charge in [0.15, 0.2) is 5.69 Å². The van der Waals surface area contributed by atoms with Crippen molar-refractivity contribution in [1.29, 1.82) is 0 Å². The number of pyridine rings is 1. The van der Waals surface area contributed by atoms with Gasteiger partial charge in [0, 0.05) is 47.9 Å². The molecule has 4 fully saturated rings. The molecule has 0 N–H and O–H groups in total. The van der Waals surface area contributed by atoms with Gasteiger partial charge in [-0.2, -0.15) is 5.10 Å². The Hall–Kier alpha value is -4.41. The lowest BCUT2D eigenvalue weighted by atomic mass is 9.60. The number of esters is 2. The van der Waals surface area contributed by atoms with E-state index < -0.39 is 11.6 Å². The monoisotopic (exact) mass is 695 g/mol. The van der Waals surface area contributed by atoms with E-state index in [1.165, 1.54) is 7.11 Å². The fraction of sp³-hybridized carbons (Fsp3) is 0.590. The van der Waals surface area contributed by atoms with Crippen LogP contribution < -0.4 is 4.90 Å². The molecule has 4 saturated carbocycles. The summed E-state index contributed by atoms with van der Waals surface area (Å²) < 4.78 is 19.7. The number of azide groups is 1. The van der Waals surface area contributed by atoms with Crippen LogP contribution in [0, 0.1) is 23.2 Å². The van der Waals surface area contributed by atoms with E-state index in [9.17, 15) is 9.59 Å². The molecule has 3 heterocycles. The van der Waals surface area contributed by atoms with E-state index in [0.29, 0.717) is 43.2 Å². The van der Waals surface area contributed by atoms with Gasteiger partial charge in [0.1, 0.15) is 11.4 Å². The Morgan fingerprint density at radius 1 is 1.04 bits per heavy atom. The molecule has 4 bridgehead atoms. The molecule has 51 heavy (non-hydrogen) atoms. The number of methoxy groups -OCH3 is 1. The maximum atomic E-state index is 13.9. The Balaban J connectivity index is 1.20. The number of carbonyl (C=O) groups excluding carboxylic acids is 2. The number of anilines is 1. The normalized spacial score (nSPS) is 27.6. The lowest BCUT2D eigenvalue weighted by Gasteiger charge is -2.46. The Morgan fingerprint density at radius 3 is 2.59 bits per heavy atom. The molecule has 4 aliphatic carbocycles. The van der Waals surface area contributed by atoms with E-state index in [0.717, 1.165) is 67.5 Å². The summed E-state index contributed by atoms with van der Waals surface area (Å²) in [6, 6.07) is 9.62. The molecule has 12 nitrogen and oxygen atoms in total. The third-order valence-electron chi connectivity index (χ3n) is 11.8. The van der Waals surface area contributed by atoms with Crippen LogP contribution in [0.25, 0.3) is 21.6 Å². The third-order valence-corrected chi connectivity index (χ3v) is 11.8. The number of hydrogen-bond acceptors (Lipinski definition) is 9. The summed E-state index contributed by atoms with van der Waals surface area (Å²) in [6.07, 6.45) is 7.87. The van der Waals surface area contributed by atoms with Gasteiger partial charge in [-0.05, 0) is 117 Å². The van der Waals surface area contributed by atoms with Crippen molar-refractivity contribution in [3.63, 3.8) is 0 Å². The van der Waals surface area contributed by atoms with E-state index in [4.69, 9.17) is 29.8 Å². The maximum Gasteiger partial charge on any atom is 0.358 e. The minimum absolute atomic E-state index is 0.0241. The molecule has 12 heteroatoms. The fourth-order valence-corrected chi connectivity index (χ4v) is 10.6. The molecule has 270 valence electrons. The molecule has 2 aromatic heterocycles. The SMILES string of the molecule is COC(=O)c1cccc2c1CN(c1ccc(-c3cnn(CC45CC6(C)CC(C)(C4)C(OCCN=[N+]=[N-])(C6)C5)c3C)c(C(=O)OC(C)(C)C)n1)CC2. The van der Waals surface area contributed by atoms with Crippen LogP contribution in [0.15, 0.2) is 41.6 Å². The first-order valence-electron chi connectivity index (χ1n) is 18.0. The third kappa shape index (κ3) is 6.16. The van der Waals surface area contributed by atoms with E-state index >= 15 is 0 Å². The molecule has 4 atom stereocenters.